The van der Waals surface area contributed by atoms with Crippen LogP contribution in [0.1, 0.15) is 58.8 Å². The number of nitrogens with zero attached hydrogens (tertiary/aromatic N) is 1. The van der Waals surface area contributed by atoms with Crippen molar-refractivity contribution >= 4 is 5.91 Å². The van der Waals surface area contributed by atoms with Crippen molar-refractivity contribution < 1.29 is 4.79 Å². The summed E-state index contributed by atoms with van der Waals surface area (Å²) in [4.78, 5) is 14.5. The van der Waals surface area contributed by atoms with Crippen LogP contribution < -0.4 is 5.32 Å². The maximum absolute atomic E-state index is 12.4. The largest absolute Gasteiger partial charge is 0.342 e. The molecular formula is C16H30N2O. The van der Waals surface area contributed by atoms with Crippen LogP contribution in [0.3, 0.4) is 0 Å². The van der Waals surface area contributed by atoms with Gasteiger partial charge in [0.1, 0.15) is 0 Å². The van der Waals surface area contributed by atoms with Gasteiger partial charge in [-0.25, -0.2) is 0 Å². The molecule has 1 amide bonds. The van der Waals surface area contributed by atoms with Gasteiger partial charge in [-0.05, 0) is 62.9 Å². The predicted molar refractivity (Wildman–Crippen MR) is 79.0 cm³/mol. The Kier molecular flexibility index (Phi) is 5.26. The van der Waals surface area contributed by atoms with E-state index in [0.29, 0.717) is 11.3 Å². The van der Waals surface area contributed by atoms with E-state index in [1.165, 1.54) is 32.1 Å². The standard InChI is InChI=1S/C16H30N2O/c1-3-16(2)9-4-12-18(13-16)15(19)6-5-14-7-10-17-11-8-14/h14,17H,3-13H2,1-2H3. The summed E-state index contributed by atoms with van der Waals surface area (Å²) in [6.07, 6.45) is 8.01. The second kappa shape index (κ2) is 6.74. The highest BCUT2D eigenvalue weighted by Gasteiger charge is 2.31. The highest BCUT2D eigenvalue weighted by atomic mass is 16.2. The lowest BCUT2D eigenvalue weighted by Gasteiger charge is -2.40. The minimum absolute atomic E-state index is 0.364. The number of likely N-dealkylation sites (tertiary alicyclic amines) is 1. The number of nitrogens with one attached hydrogen (secondary N) is 1. The molecule has 0 aromatic rings. The second-order valence-corrected chi connectivity index (χ2v) is 6.82. The van der Waals surface area contributed by atoms with Crippen molar-refractivity contribution in [3.05, 3.63) is 0 Å². The van der Waals surface area contributed by atoms with Crippen molar-refractivity contribution in [3.63, 3.8) is 0 Å². The molecule has 0 bridgehead atoms. The summed E-state index contributed by atoms with van der Waals surface area (Å²) in [7, 11) is 0. The van der Waals surface area contributed by atoms with Crippen LogP contribution in [0.15, 0.2) is 0 Å². The average Bonchev–Trinajstić information content (AvgIpc) is 2.46. The first-order valence-corrected chi connectivity index (χ1v) is 8.11. The minimum atomic E-state index is 0.364. The predicted octanol–water partition coefficient (Wildman–Crippen LogP) is 2.80. The van der Waals surface area contributed by atoms with Crippen LogP contribution in [-0.4, -0.2) is 37.0 Å². The van der Waals surface area contributed by atoms with Crippen LogP contribution in [-0.2, 0) is 4.79 Å². The highest BCUT2D eigenvalue weighted by Crippen LogP contribution is 2.33. The summed E-state index contributed by atoms with van der Waals surface area (Å²) in [6.45, 7) is 8.82. The Morgan fingerprint density at radius 2 is 2.11 bits per heavy atom. The molecule has 0 saturated carbocycles. The van der Waals surface area contributed by atoms with E-state index in [1.807, 2.05) is 0 Å². The molecule has 2 aliphatic heterocycles. The summed E-state index contributed by atoms with van der Waals surface area (Å²) in [5.74, 6) is 1.17. The van der Waals surface area contributed by atoms with Gasteiger partial charge in [0, 0.05) is 19.5 Å². The molecule has 3 nitrogen and oxygen atoms in total. The fourth-order valence-electron chi connectivity index (χ4n) is 3.47. The molecule has 2 fully saturated rings. The molecule has 0 radical (unpaired) electrons. The van der Waals surface area contributed by atoms with Crippen molar-refractivity contribution in [1.82, 2.24) is 10.2 Å². The molecule has 2 aliphatic rings. The number of hydrogen-bond donors (Lipinski definition) is 1. The summed E-state index contributed by atoms with van der Waals surface area (Å²) < 4.78 is 0. The van der Waals surface area contributed by atoms with E-state index in [-0.39, 0.29) is 0 Å². The Hall–Kier alpha value is -0.570. The third-order valence-electron chi connectivity index (χ3n) is 5.21. The Labute approximate surface area is 118 Å². The van der Waals surface area contributed by atoms with Gasteiger partial charge in [0.05, 0.1) is 0 Å². The fraction of sp³-hybridized carbons (Fsp3) is 0.938. The van der Waals surface area contributed by atoms with E-state index in [2.05, 4.69) is 24.1 Å². The number of amides is 1. The Bertz CT molecular complexity index is 299. The molecule has 19 heavy (non-hydrogen) atoms. The summed E-state index contributed by atoms with van der Waals surface area (Å²) in [5.41, 5.74) is 0.364. The van der Waals surface area contributed by atoms with Gasteiger partial charge in [-0.1, -0.05) is 13.8 Å². The summed E-state index contributed by atoms with van der Waals surface area (Å²) in [6, 6.07) is 0. The molecular weight excluding hydrogens is 236 g/mol. The number of rotatable bonds is 4. The van der Waals surface area contributed by atoms with Crippen LogP contribution in [0.5, 0.6) is 0 Å². The Morgan fingerprint density at radius 3 is 2.79 bits per heavy atom. The number of piperidine rings is 2. The van der Waals surface area contributed by atoms with Gasteiger partial charge in [-0.15, -0.1) is 0 Å². The van der Waals surface area contributed by atoms with Crippen molar-refractivity contribution in [3.8, 4) is 0 Å². The van der Waals surface area contributed by atoms with E-state index >= 15 is 0 Å². The molecule has 2 saturated heterocycles. The van der Waals surface area contributed by atoms with Gasteiger partial charge in [0.2, 0.25) is 5.91 Å². The molecule has 2 rings (SSSR count). The third kappa shape index (κ3) is 4.20. The zero-order valence-corrected chi connectivity index (χ0v) is 12.7. The number of carbonyl (C=O) groups is 1. The molecule has 0 aromatic heterocycles. The van der Waals surface area contributed by atoms with Crippen molar-refractivity contribution in [2.24, 2.45) is 11.3 Å². The van der Waals surface area contributed by atoms with Gasteiger partial charge < -0.3 is 10.2 Å². The Morgan fingerprint density at radius 1 is 1.37 bits per heavy atom. The number of carbonyl (C=O) groups excluding carboxylic acids is 1. The average molecular weight is 266 g/mol. The lowest BCUT2D eigenvalue weighted by molar-refractivity contribution is -0.134. The van der Waals surface area contributed by atoms with Crippen LogP contribution in [0.4, 0.5) is 0 Å². The second-order valence-electron chi connectivity index (χ2n) is 6.82. The minimum Gasteiger partial charge on any atom is -0.342 e. The quantitative estimate of drug-likeness (QED) is 0.848. The van der Waals surface area contributed by atoms with E-state index in [9.17, 15) is 4.79 Å². The smallest absolute Gasteiger partial charge is 0.222 e. The molecule has 1 atom stereocenters. The molecule has 0 aliphatic carbocycles. The number of hydrogen-bond acceptors (Lipinski definition) is 2. The zero-order valence-electron chi connectivity index (χ0n) is 12.7. The fourth-order valence-corrected chi connectivity index (χ4v) is 3.47. The highest BCUT2D eigenvalue weighted by molar-refractivity contribution is 5.76. The van der Waals surface area contributed by atoms with Gasteiger partial charge >= 0.3 is 0 Å². The Balaban J connectivity index is 1.76. The maximum atomic E-state index is 12.4. The van der Waals surface area contributed by atoms with Crippen molar-refractivity contribution in [1.29, 1.82) is 0 Å². The monoisotopic (exact) mass is 266 g/mol. The van der Waals surface area contributed by atoms with Crippen LogP contribution in [0, 0.1) is 11.3 Å². The molecule has 110 valence electrons. The van der Waals surface area contributed by atoms with Gasteiger partial charge in [0.15, 0.2) is 0 Å². The van der Waals surface area contributed by atoms with E-state index in [4.69, 9.17) is 0 Å². The van der Waals surface area contributed by atoms with E-state index in [1.54, 1.807) is 0 Å². The third-order valence-corrected chi connectivity index (χ3v) is 5.21. The first-order valence-electron chi connectivity index (χ1n) is 8.11. The summed E-state index contributed by atoms with van der Waals surface area (Å²) >= 11 is 0. The topological polar surface area (TPSA) is 32.3 Å². The first kappa shape index (κ1) is 14.8. The van der Waals surface area contributed by atoms with E-state index in [0.717, 1.165) is 44.9 Å². The molecule has 1 unspecified atom stereocenters. The van der Waals surface area contributed by atoms with E-state index < -0.39 is 0 Å². The molecule has 3 heteroatoms. The lowest BCUT2D eigenvalue weighted by Crippen LogP contribution is -2.44. The molecule has 0 aromatic carbocycles. The maximum Gasteiger partial charge on any atom is 0.222 e. The van der Waals surface area contributed by atoms with Crippen molar-refractivity contribution in [2.45, 2.75) is 58.8 Å². The van der Waals surface area contributed by atoms with Gasteiger partial charge in [-0.3, -0.25) is 4.79 Å². The normalized spacial score (nSPS) is 29.5. The molecule has 1 N–H and O–H groups in total. The zero-order chi connectivity index (χ0) is 13.7. The molecule has 0 spiro atoms. The van der Waals surface area contributed by atoms with Crippen LogP contribution >= 0.6 is 0 Å². The van der Waals surface area contributed by atoms with Crippen LogP contribution in [0.25, 0.3) is 0 Å². The van der Waals surface area contributed by atoms with Gasteiger partial charge in [-0.2, -0.15) is 0 Å². The van der Waals surface area contributed by atoms with Crippen molar-refractivity contribution in [2.75, 3.05) is 26.2 Å². The first-order chi connectivity index (χ1) is 9.13. The lowest BCUT2D eigenvalue weighted by atomic mass is 9.79. The van der Waals surface area contributed by atoms with Gasteiger partial charge in [0.25, 0.3) is 0 Å². The van der Waals surface area contributed by atoms with Crippen LogP contribution in [0.2, 0.25) is 0 Å². The summed E-state index contributed by atoms with van der Waals surface area (Å²) in [5, 5.41) is 3.39. The molecule has 2 heterocycles. The SMILES string of the molecule is CCC1(C)CCCN(C(=O)CCC2CCNCC2)C1.